The fourth-order valence-corrected chi connectivity index (χ4v) is 2.85. The predicted molar refractivity (Wildman–Crippen MR) is 113 cm³/mol. The molecule has 1 heterocycles. The number of rotatable bonds is 10. The van der Waals surface area contributed by atoms with Crippen molar-refractivity contribution in [2.45, 2.75) is 40.2 Å². The molecule has 0 saturated heterocycles. The molecule has 0 saturated carbocycles. The maximum atomic E-state index is 13.1. The van der Waals surface area contributed by atoms with Crippen molar-refractivity contribution in [2.75, 3.05) is 25.6 Å². The number of aromatic nitrogens is 1. The number of benzene rings is 1. The molecule has 27 heavy (non-hydrogen) atoms. The van der Waals surface area contributed by atoms with Gasteiger partial charge in [0, 0.05) is 24.2 Å². The molecule has 1 N–H and O–H groups in total. The Balaban J connectivity index is 2.66. The maximum absolute atomic E-state index is 13.1. The van der Waals surface area contributed by atoms with E-state index in [9.17, 15) is 4.79 Å². The van der Waals surface area contributed by atoms with Gasteiger partial charge in [0.25, 0.3) is 5.56 Å². The molecule has 146 valence electrons. The van der Waals surface area contributed by atoms with E-state index in [-0.39, 0.29) is 11.3 Å². The molecule has 0 spiro atoms. The number of anilines is 1. The number of hydrogen-bond donors (Lipinski definition) is 1. The fourth-order valence-electron chi connectivity index (χ4n) is 2.85. The van der Waals surface area contributed by atoms with E-state index in [0.29, 0.717) is 25.4 Å². The highest BCUT2D eigenvalue weighted by molar-refractivity contribution is 5.90. The van der Waals surface area contributed by atoms with Crippen LogP contribution in [0.5, 0.6) is 11.5 Å². The summed E-state index contributed by atoms with van der Waals surface area (Å²) in [6.07, 6.45) is 5.70. The van der Waals surface area contributed by atoms with Crippen LogP contribution in [0.2, 0.25) is 0 Å². The minimum atomic E-state index is -0.161. The van der Waals surface area contributed by atoms with Crippen molar-refractivity contribution >= 4 is 16.6 Å². The van der Waals surface area contributed by atoms with Crippen molar-refractivity contribution in [3.8, 4) is 11.5 Å². The first-order chi connectivity index (χ1) is 13.0. The highest BCUT2D eigenvalue weighted by Gasteiger charge is 2.19. The Hall–Kier alpha value is -2.69. The highest BCUT2D eigenvalue weighted by Crippen LogP contribution is 2.34. The number of hydrogen-bond acceptors (Lipinski definition) is 4. The summed E-state index contributed by atoms with van der Waals surface area (Å²) in [4.78, 5) is 13.1. The summed E-state index contributed by atoms with van der Waals surface area (Å²) < 4.78 is 13.2. The summed E-state index contributed by atoms with van der Waals surface area (Å²) in [5.74, 6) is 0.755. The zero-order valence-corrected chi connectivity index (χ0v) is 16.8. The van der Waals surface area contributed by atoms with Gasteiger partial charge in [-0.3, -0.25) is 4.79 Å². The average Bonchev–Trinajstić information content (AvgIpc) is 2.65. The number of fused-ring (bicyclic) bond motifs is 1. The van der Waals surface area contributed by atoms with Gasteiger partial charge >= 0.3 is 0 Å². The monoisotopic (exact) mass is 370 g/mol. The van der Waals surface area contributed by atoms with Crippen LogP contribution < -0.4 is 20.3 Å². The minimum Gasteiger partial charge on any atom is -0.488 e. The Morgan fingerprint density at radius 3 is 2.70 bits per heavy atom. The first kappa shape index (κ1) is 20.6. The summed E-state index contributed by atoms with van der Waals surface area (Å²) in [6.45, 7) is 11.6. The molecule has 0 aliphatic rings. The van der Waals surface area contributed by atoms with Crippen molar-refractivity contribution in [2.24, 2.45) is 0 Å². The van der Waals surface area contributed by atoms with Gasteiger partial charge in [0.05, 0.1) is 12.6 Å². The van der Waals surface area contributed by atoms with Crippen molar-refractivity contribution in [1.82, 2.24) is 4.57 Å². The summed E-state index contributed by atoms with van der Waals surface area (Å²) in [5, 5.41) is 4.15. The highest BCUT2D eigenvalue weighted by atomic mass is 16.5. The number of nitrogens with zero attached hydrogens (tertiary/aromatic N) is 1. The molecular formula is C22H30N2O3. The number of pyridine rings is 1. The summed E-state index contributed by atoms with van der Waals surface area (Å²) in [6, 6.07) is 5.94. The zero-order chi connectivity index (χ0) is 19.8. The van der Waals surface area contributed by atoms with Gasteiger partial charge in [-0.1, -0.05) is 25.0 Å². The lowest BCUT2D eigenvalue weighted by Gasteiger charge is -2.18. The van der Waals surface area contributed by atoms with Crippen LogP contribution in [0.1, 0.15) is 33.6 Å². The predicted octanol–water partition coefficient (Wildman–Crippen LogP) is 4.75. The van der Waals surface area contributed by atoms with Gasteiger partial charge in [0.1, 0.15) is 6.61 Å². The Kier molecular flexibility index (Phi) is 7.53. The molecule has 0 unspecified atom stereocenters. The molecule has 0 radical (unpaired) electrons. The minimum absolute atomic E-state index is 0.161. The van der Waals surface area contributed by atoms with Gasteiger partial charge in [0.2, 0.25) is 5.75 Å². The Bertz CT molecular complexity index is 877. The molecule has 5 heteroatoms. The Morgan fingerprint density at radius 2 is 2.07 bits per heavy atom. The normalized spacial score (nSPS) is 10.5. The van der Waals surface area contributed by atoms with Gasteiger partial charge in [0.15, 0.2) is 5.75 Å². The summed E-state index contributed by atoms with van der Waals surface area (Å²) in [7, 11) is 1.51. The second kappa shape index (κ2) is 9.86. The lowest BCUT2D eigenvalue weighted by atomic mass is 10.1. The number of methoxy groups -OCH3 is 1. The van der Waals surface area contributed by atoms with E-state index in [4.69, 9.17) is 9.47 Å². The largest absolute Gasteiger partial charge is 0.488 e. The lowest BCUT2D eigenvalue weighted by Crippen LogP contribution is -2.23. The van der Waals surface area contributed by atoms with Crippen molar-refractivity contribution in [3.63, 3.8) is 0 Å². The number of nitrogens with one attached hydrogen (secondary N) is 1. The van der Waals surface area contributed by atoms with Crippen molar-refractivity contribution in [3.05, 3.63) is 52.9 Å². The van der Waals surface area contributed by atoms with Crippen LogP contribution in [0.4, 0.5) is 5.69 Å². The van der Waals surface area contributed by atoms with Crippen LogP contribution >= 0.6 is 0 Å². The first-order valence-electron chi connectivity index (χ1n) is 9.38. The Labute approximate surface area is 161 Å². The maximum Gasteiger partial charge on any atom is 0.297 e. The second-order valence-electron chi connectivity index (χ2n) is 6.67. The van der Waals surface area contributed by atoms with Crippen molar-refractivity contribution < 1.29 is 9.47 Å². The average molecular weight is 370 g/mol. The van der Waals surface area contributed by atoms with E-state index >= 15 is 0 Å². The van der Waals surface area contributed by atoms with Gasteiger partial charge in [-0.25, -0.2) is 0 Å². The zero-order valence-electron chi connectivity index (χ0n) is 16.8. The molecule has 0 aliphatic heterocycles. The molecule has 0 fully saturated rings. The smallest absolute Gasteiger partial charge is 0.297 e. The van der Waals surface area contributed by atoms with E-state index in [2.05, 4.69) is 18.8 Å². The van der Waals surface area contributed by atoms with Crippen LogP contribution in [0, 0.1) is 0 Å². The number of allylic oxidation sites excluding steroid dienone is 1. The SMILES string of the molecule is C=CCNc1ccc2c(OCC=C(C)C)c(OC)c(=O)n(CCCC)c2c1. The fraction of sp³-hybridized carbons (Fsp3) is 0.409. The van der Waals surface area contributed by atoms with Crippen LogP contribution in [-0.2, 0) is 6.54 Å². The van der Waals surface area contributed by atoms with Crippen LogP contribution in [0.3, 0.4) is 0 Å². The first-order valence-corrected chi connectivity index (χ1v) is 9.38. The van der Waals surface area contributed by atoms with E-state index in [0.717, 1.165) is 35.0 Å². The van der Waals surface area contributed by atoms with Gasteiger partial charge in [-0.2, -0.15) is 0 Å². The third kappa shape index (κ3) is 4.94. The molecular weight excluding hydrogens is 340 g/mol. The molecule has 2 aromatic rings. The van der Waals surface area contributed by atoms with Crippen LogP contribution in [-0.4, -0.2) is 24.8 Å². The lowest BCUT2D eigenvalue weighted by molar-refractivity contribution is 0.324. The molecule has 0 amide bonds. The second-order valence-corrected chi connectivity index (χ2v) is 6.67. The van der Waals surface area contributed by atoms with Gasteiger partial charge < -0.3 is 19.4 Å². The van der Waals surface area contributed by atoms with E-state index < -0.39 is 0 Å². The molecule has 1 aromatic carbocycles. The topological polar surface area (TPSA) is 52.5 Å². The van der Waals surface area contributed by atoms with Crippen LogP contribution in [0.15, 0.2) is 47.3 Å². The van der Waals surface area contributed by atoms with Gasteiger partial charge in [-0.15, -0.1) is 6.58 Å². The Morgan fingerprint density at radius 1 is 1.30 bits per heavy atom. The van der Waals surface area contributed by atoms with E-state index in [1.54, 1.807) is 10.6 Å². The van der Waals surface area contributed by atoms with E-state index in [1.807, 2.05) is 38.1 Å². The number of unbranched alkanes of at least 4 members (excludes halogenated alkanes) is 1. The molecule has 0 bridgehead atoms. The van der Waals surface area contributed by atoms with Crippen LogP contribution in [0.25, 0.3) is 10.9 Å². The number of aryl methyl sites for hydroxylation is 1. The van der Waals surface area contributed by atoms with Gasteiger partial charge in [-0.05, 0) is 44.5 Å². The third-order valence-electron chi connectivity index (χ3n) is 4.29. The van der Waals surface area contributed by atoms with E-state index in [1.165, 1.54) is 7.11 Å². The third-order valence-corrected chi connectivity index (χ3v) is 4.29. The molecule has 0 atom stereocenters. The molecule has 2 rings (SSSR count). The summed E-state index contributed by atoms with van der Waals surface area (Å²) in [5.41, 5.74) is 2.78. The molecule has 5 nitrogen and oxygen atoms in total. The standard InChI is InChI=1S/C22H30N2O3/c1-6-8-13-24-19-15-17(23-12-7-2)9-10-18(19)20(21(26-5)22(24)25)27-14-11-16(3)4/h7,9-11,15,23H,2,6,8,12-14H2,1,3-5H3. The number of ether oxygens (including phenoxy) is 2. The molecule has 1 aromatic heterocycles. The van der Waals surface area contributed by atoms with Crippen molar-refractivity contribution in [1.29, 1.82) is 0 Å². The quantitative estimate of drug-likeness (QED) is 0.613. The summed E-state index contributed by atoms with van der Waals surface area (Å²) >= 11 is 0. The molecule has 0 aliphatic carbocycles.